The summed E-state index contributed by atoms with van der Waals surface area (Å²) in [6.45, 7) is 2.03. The molecule has 0 unspecified atom stereocenters. The van der Waals surface area contributed by atoms with Crippen LogP contribution in [-0.2, 0) is 9.53 Å². The number of hydrogen-bond acceptors (Lipinski definition) is 2. The number of esters is 1. The van der Waals surface area contributed by atoms with Crippen LogP contribution in [0.4, 0.5) is 0 Å². The molecule has 74 valence electrons. The molecule has 0 spiro atoms. The zero-order valence-electron chi connectivity index (χ0n) is 7.83. The molecule has 2 nitrogen and oxygen atoms in total. The van der Waals surface area contributed by atoms with Gasteiger partial charge in [-0.3, -0.25) is 4.79 Å². The van der Waals surface area contributed by atoms with Gasteiger partial charge < -0.3 is 4.74 Å². The molecule has 0 amide bonds. The van der Waals surface area contributed by atoms with Gasteiger partial charge in [0.25, 0.3) is 0 Å². The zero-order chi connectivity index (χ0) is 9.68. The summed E-state index contributed by atoms with van der Waals surface area (Å²) in [6.07, 6.45) is 6.50. The molecule has 0 bridgehead atoms. The quantitative estimate of drug-likeness (QED) is 0.435. The van der Waals surface area contributed by atoms with E-state index in [9.17, 15) is 4.79 Å². The molecule has 0 aromatic rings. The molecule has 0 saturated carbocycles. The average Bonchev–Trinajstić information content (AvgIpc) is 2.15. The number of carbonyl (C=O) groups excluding carboxylic acids is 1. The van der Waals surface area contributed by atoms with E-state index in [2.05, 4.69) is 28.1 Å². The van der Waals surface area contributed by atoms with Crippen LogP contribution in [0.5, 0.6) is 0 Å². The minimum atomic E-state index is -0.178. The first-order chi connectivity index (χ1) is 6.24. The summed E-state index contributed by atoms with van der Waals surface area (Å²) in [5.74, 6) is 0.931. The Morgan fingerprint density at radius 1 is 1.46 bits per heavy atom. The maximum atomic E-state index is 10.6. The van der Waals surface area contributed by atoms with Gasteiger partial charge in [0.05, 0.1) is 6.61 Å². The molecular formula is C10H15BrO2. The molecule has 0 aromatic heterocycles. The highest BCUT2D eigenvalue weighted by Crippen LogP contribution is 2.27. The minimum absolute atomic E-state index is 0.178. The van der Waals surface area contributed by atoms with Gasteiger partial charge in [0, 0.05) is 18.2 Å². The van der Waals surface area contributed by atoms with Crippen molar-refractivity contribution < 1.29 is 9.53 Å². The molecule has 0 saturated heterocycles. The van der Waals surface area contributed by atoms with Gasteiger partial charge in [-0.1, -0.05) is 28.1 Å². The lowest BCUT2D eigenvalue weighted by atomic mass is 9.85. The lowest BCUT2D eigenvalue weighted by Gasteiger charge is -2.26. The third-order valence-electron chi connectivity index (χ3n) is 2.41. The lowest BCUT2D eigenvalue weighted by molar-refractivity contribution is -0.142. The number of halogens is 1. The van der Waals surface area contributed by atoms with E-state index in [-0.39, 0.29) is 5.97 Å². The molecule has 1 rings (SSSR count). The number of alkyl halides is 1. The topological polar surface area (TPSA) is 26.3 Å². The van der Waals surface area contributed by atoms with E-state index >= 15 is 0 Å². The highest BCUT2D eigenvalue weighted by Gasteiger charge is 2.22. The van der Waals surface area contributed by atoms with Crippen LogP contribution in [0.1, 0.15) is 19.8 Å². The molecule has 0 aromatic carbocycles. The van der Waals surface area contributed by atoms with E-state index in [0.29, 0.717) is 18.4 Å². The maximum absolute atomic E-state index is 10.6. The van der Waals surface area contributed by atoms with Crippen LogP contribution in [0.3, 0.4) is 0 Å². The van der Waals surface area contributed by atoms with Crippen molar-refractivity contribution in [3.8, 4) is 0 Å². The van der Waals surface area contributed by atoms with Gasteiger partial charge >= 0.3 is 5.97 Å². The summed E-state index contributed by atoms with van der Waals surface area (Å²) in [4.78, 5) is 10.6. The van der Waals surface area contributed by atoms with E-state index in [1.165, 1.54) is 6.92 Å². The van der Waals surface area contributed by atoms with Crippen molar-refractivity contribution in [2.24, 2.45) is 11.8 Å². The second-order valence-corrected chi connectivity index (χ2v) is 4.07. The first-order valence-corrected chi connectivity index (χ1v) is 5.70. The SMILES string of the molecule is CC(=O)OC[C@@H]1CC=CC[C@@H]1CBr. The summed E-state index contributed by atoms with van der Waals surface area (Å²) in [5.41, 5.74) is 0. The van der Waals surface area contributed by atoms with Crippen LogP contribution < -0.4 is 0 Å². The molecule has 2 atom stereocenters. The van der Waals surface area contributed by atoms with Gasteiger partial charge in [0.2, 0.25) is 0 Å². The smallest absolute Gasteiger partial charge is 0.302 e. The van der Waals surface area contributed by atoms with Gasteiger partial charge in [-0.15, -0.1) is 0 Å². The van der Waals surface area contributed by atoms with Crippen molar-refractivity contribution >= 4 is 21.9 Å². The summed E-state index contributed by atoms with van der Waals surface area (Å²) < 4.78 is 5.02. The van der Waals surface area contributed by atoms with E-state index in [1.54, 1.807) is 0 Å². The largest absolute Gasteiger partial charge is 0.466 e. The van der Waals surface area contributed by atoms with E-state index in [1.807, 2.05) is 0 Å². The molecule has 13 heavy (non-hydrogen) atoms. The Morgan fingerprint density at radius 3 is 2.62 bits per heavy atom. The Labute approximate surface area is 87.5 Å². The van der Waals surface area contributed by atoms with Crippen molar-refractivity contribution in [3.05, 3.63) is 12.2 Å². The van der Waals surface area contributed by atoms with Crippen molar-refractivity contribution in [2.75, 3.05) is 11.9 Å². The molecule has 0 aliphatic heterocycles. The number of ether oxygens (including phenoxy) is 1. The van der Waals surface area contributed by atoms with Crippen LogP contribution in [0.15, 0.2) is 12.2 Å². The Morgan fingerprint density at radius 2 is 2.08 bits per heavy atom. The fourth-order valence-electron chi connectivity index (χ4n) is 1.54. The van der Waals surface area contributed by atoms with Gasteiger partial charge in [-0.25, -0.2) is 0 Å². The Balaban J connectivity index is 2.37. The number of carbonyl (C=O) groups is 1. The van der Waals surface area contributed by atoms with Crippen LogP contribution in [-0.4, -0.2) is 17.9 Å². The number of hydrogen-bond donors (Lipinski definition) is 0. The number of allylic oxidation sites excluding steroid dienone is 2. The lowest BCUT2D eigenvalue weighted by Crippen LogP contribution is -2.23. The summed E-state index contributed by atoms with van der Waals surface area (Å²) in [7, 11) is 0. The maximum Gasteiger partial charge on any atom is 0.302 e. The Kier molecular flexibility index (Phi) is 4.50. The highest BCUT2D eigenvalue weighted by atomic mass is 79.9. The first kappa shape index (κ1) is 10.8. The molecule has 0 N–H and O–H groups in total. The fraction of sp³-hybridized carbons (Fsp3) is 0.700. The van der Waals surface area contributed by atoms with Gasteiger partial charge in [0.1, 0.15) is 0 Å². The third kappa shape index (κ3) is 3.51. The summed E-state index contributed by atoms with van der Waals surface area (Å²) in [5, 5.41) is 0.989. The Hall–Kier alpha value is -0.310. The van der Waals surface area contributed by atoms with E-state index < -0.39 is 0 Å². The van der Waals surface area contributed by atoms with Crippen molar-refractivity contribution in [1.82, 2.24) is 0 Å². The average molecular weight is 247 g/mol. The van der Waals surface area contributed by atoms with Crippen LogP contribution in [0, 0.1) is 11.8 Å². The van der Waals surface area contributed by atoms with Crippen LogP contribution in [0.25, 0.3) is 0 Å². The predicted molar refractivity (Wildman–Crippen MR) is 55.8 cm³/mol. The predicted octanol–water partition coefficient (Wildman–Crippen LogP) is 2.53. The molecule has 1 aliphatic rings. The number of rotatable bonds is 3. The van der Waals surface area contributed by atoms with E-state index in [4.69, 9.17) is 4.74 Å². The normalized spacial score (nSPS) is 27.2. The molecule has 0 fully saturated rings. The fourth-order valence-corrected chi connectivity index (χ4v) is 2.34. The van der Waals surface area contributed by atoms with Crippen LogP contribution in [0.2, 0.25) is 0 Å². The second kappa shape index (κ2) is 5.43. The second-order valence-electron chi connectivity index (χ2n) is 3.42. The molecule has 1 aliphatic carbocycles. The zero-order valence-corrected chi connectivity index (χ0v) is 9.42. The van der Waals surface area contributed by atoms with Gasteiger partial charge in [0.15, 0.2) is 0 Å². The molecule has 3 heteroatoms. The monoisotopic (exact) mass is 246 g/mol. The summed E-state index contributed by atoms with van der Waals surface area (Å²) in [6, 6.07) is 0. The molecule has 0 radical (unpaired) electrons. The standard InChI is InChI=1S/C10H15BrO2/c1-8(12)13-7-10-5-3-2-4-9(10)6-11/h2-3,9-10H,4-7H2,1H3/t9-,10+/m1/s1. The Bertz CT molecular complexity index is 201. The van der Waals surface area contributed by atoms with Gasteiger partial charge in [-0.2, -0.15) is 0 Å². The van der Waals surface area contributed by atoms with Crippen molar-refractivity contribution in [2.45, 2.75) is 19.8 Å². The van der Waals surface area contributed by atoms with Crippen LogP contribution >= 0.6 is 15.9 Å². The third-order valence-corrected chi connectivity index (χ3v) is 3.24. The van der Waals surface area contributed by atoms with Gasteiger partial charge in [-0.05, 0) is 18.8 Å². The summed E-state index contributed by atoms with van der Waals surface area (Å²) >= 11 is 3.48. The first-order valence-electron chi connectivity index (χ1n) is 4.58. The van der Waals surface area contributed by atoms with Crippen molar-refractivity contribution in [1.29, 1.82) is 0 Å². The highest BCUT2D eigenvalue weighted by molar-refractivity contribution is 9.09. The molecular weight excluding hydrogens is 232 g/mol. The molecule has 0 heterocycles. The van der Waals surface area contributed by atoms with E-state index in [0.717, 1.165) is 18.2 Å². The minimum Gasteiger partial charge on any atom is -0.466 e. The van der Waals surface area contributed by atoms with Crippen molar-refractivity contribution in [3.63, 3.8) is 0 Å².